The van der Waals surface area contributed by atoms with Crippen LogP contribution in [-0.2, 0) is 9.59 Å². The fourth-order valence-electron chi connectivity index (χ4n) is 4.68. The number of piperidine rings is 1. The quantitative estimate of drug-likeness (QED) is 0.840. The minimum absolute atomic E-state index is 0.0290. The summed E-state index contributed by atoms with van der Waals surface area (Å²) >= 11 is 0. The minimum atomic E-state index is -0.939. The van der Waals surface area contributed by atoms with Gasteiger partial charge in [0.25, 0.3) is 5.91 Å². The normalized spacial score (nSPS) is 24.3. The van der Waals surface area contributed by atoms with Crippen LogP contribution in [0.5, 0.6) is 0 Å². The summed E-state index contributed by atoms with van der Waals surface area (Å²) in [5.74, 6) is -1.89. The molecule has 0 unspecified atom stereocenters. The molecule has 2 amide bonds. The fourth-order valence-corrected chi connectivity index (χ4v) is 4.68. The molecule has 0 aliphatic carbocycles. The number of amides is 2. The van der Waals surface area contributed by atoms with E-state index in [0.717, 1.165) is 18.8 Å². The Labute approximate surface area is 158 Å². The molecular formula is C20H25N3O4. The number of carboxylic acid groups (broad SMARTS) is 1. The number of carbonyl (C=O) groups is 3. The van der Waals surface area contributed by atoms with Crippen molar-refractivity contribution in [1.29, 1.82) is 0 Å². The van der Waals surface area contributed by atoms with E-state index in [4.69, 9.17) is 0 Å². The third-order valence-electron chi connectivity index (χ3n) is 6.27. The first-order valence-electron chi connectivity index (χ1n) is 9.67. The Hall–Kier alpha value is -2.57. The van der Waals surface area contributed by atoms with Crippen molar-refractivity contribution in [3.05, 3.63) is 29.8 Å². The van der Waals surface area contributed by atoms with E-state index in [9.17, 15) is 19.5 Å². The first-order chi connectivity index (χ1) is 13.0. The summed E-state index contributed by atoms with van der Waals surface area (Å²) in [5, 5.41) is 12.3. The molecule has 1 atom stereocenters. The van der Waals surface area contributed by atoms with E-state index in [2.05, 4.69) is 10.2 Å². The molecule has 3 aliphatic heterocycles. The lowest BCUT2D eigenvalue weighted by atomic mass is 9.77. The highest BCUT2D eigenvalue weighted by Gasteiger charge is 2.52. The summed E-state index contributed by atoms with van der Waals surface area (Å²) in [6, 6.07) is 7.75. The van der Waals surface area contributed by atoms with Gasteiger partial charge in [0.05, 0.1) is 11.5 Å². The van der Waals surface area contributed by atoms with Crippen molar-refractivity contribution >= 4 is 23.5 Å². The van der Waals surface area contributed by atoms with Gasteiger partial charge in [-0.25, -0.2) is 0 Å². The first-order valence-corrected chi connectivity index (χ1v) is 9.67. The van der Waals surface area contributed by atoms with Crippen LogP contribution in [0.15, 0.2) is 24.3 Å². The molecule has 3 aliphatic rings. The lowest BCUT2D eigenvalue weighted by Gasteiger charge is -2.41. The summed E-state index contributed by atoms with van der Waals surface area (Å²) in [6.45, 7) is 3.05. The Bertz CT molecular complexity index is 747. The molecule has 3 saturated heterocycles. The number of benzene rings is 1. The highest BCUT2D eigenvalue weighted by Crippen LogP contribution is 2.37. The summed E-state index contributed by atoms with van der Waals surface area (Å²) in [6.07, 6.45) is 3.41. The molecular weight excluding hydrogens is 346 g/mol. The standard InChI is InChI=1S/C20H25N3O4/c24-17-13-16(19(26)27)20(21-17)7-11-23(12-8-20)18(25)14-3-5-15(6-4-14)22-9-1-2-10-22/h3-6,16H,1-2,7-13H2,(H,21,24)(H,26,27)/t16-/m0/s1. The highest BCUT2D eigenvalue weighted by molar-refractivity contribution is 5.95. The Morgan fingerprint density at radius 1 is 1.04 bits per heavy atom. The van der Waals surface area contributed by atoms with Crippen molar-refractivity contribution in [2.75, 3.05) is 31.1 Å². The molecule has 27 heavy (non-hydrogen) atoms. The molecule has 1 aromatic rings. The van der Waals surface area contributed by atoms with Gasteiger partial charge in [-0.15, -0.1) is 0 Å². The average molecular weight is 371 g/mol. The Balaban J connectivity index is 1.41. The molecule has 144 valence electrons. The van der Waals surface area contributed by atoms with Crippen LogP contribution in [0.4, 0.5) is 5.69 Å². The van der Waals surface area contributed by atoms with E-state index in [1.54, 1.807) is 4.90 Å². The van der Waals surface area contributed by atoms with Gasteiger partial charge < -0.3 is 20.2 Å². The van der Waals surface area contributed by atoms with Crippen molar-refractivity contribution in [1.82, 2.24) is 10.2 Å². The SMILES string of the molecule is O=C1C[C@@H](C(=O)O)C2(CCN(C(=O)c3ccc(N4CCCC4)cc3)CC2)N1. The number of likely N-dealkylation sites (tertiary alicyclic amines) is 1. The molecule has 0 saturated carbocycles. The molecule has 0 aromatic heterocycles. The van der Waals surface area contributed by atoms with Crippen LogP contribution in [0, 0.1) is 5.92 Å². The lowest BCUT2D eigenvalue weighted by molar-refractivity contribution is -0.144. The number of hydrogen-bond donors (Lipinski definition) is 2. The zero-order valence-corrected chi connectivity index (χ0v) is 15.3. The Morgan fingerprint density at radius 3 is 2.26 bits per heavy atom. The second-order valence-electron chi connectivity index (χ2n) is 7.83. The first kappa shape index (κ1) is 17.8. The maximum atomic E-state index is 12.8. The molecule has 7 heteroatoms. The predicted octanol–water partition coefficient (Wildman–Crippen LogP) is 1.48. The summed E-state index contributed by atoms with van der Waals surface area (Å²) in [4.78, 5) is 40.2. The van der Waals surface area contributed by atoms with E-state index in [-0.39, 0.29) is 18.2 Å². The van der Waals surface area contributed by atoms with Gasteiger partial charge in [0.2, 0.25) is 5.91 Å². The van der Waals surface area contributed by atoms with Gasteiger partial charge in [0.1, 0.15) is 0 Å². The van der Waals surface area contributed by atoms with Crippen molar-refractivity contribution in [3.63, 3.8) is 0 Å². The molecule has 2 N–H and O–H groups in total. The third-order valence-corrected chi connectivity index (χ3v) is 6.27. The molecule has 1 spiro atoms. The van der Waals surface area contributed by atoms with Gasteiger partial charge in [-0.1, -0.05) is 0 Å². The van der Waals surface area contributed by atoms with Crippen LogP contribution in [-0.4, -0.2) is 59.5 Å². The van der Waals surface area contributed by atoms with Crippen LogP contribution < -0.4 is 10.2 Å². The zero-order chi connectivity index (χ0) is 19.0. The second kappa shape index (κ2) is 6.87. The van der Waals surface area contributed by atoms with Gasteiger partial charge in [0, 0.05) is 43.9 Å². The number of hydrogen-bond acceptors (Lipinski definition) is 4. The lowest BCUT2D eigenvalue weighted by Crippen LogP contribution is -2.56. The zero-order valence-electron chi connectivity index (χ0n) is 15.3. The summed E-state index contributed by atoms with van der Waals surface area (Å²) in [7, 11) is 0. The number of carbonyl (C=O) groups excluding carboxylic acids is 2. The largest absolute Gasteiger partial charge is 0.481 e. The van der Waals surface area contributed by atoms with Gasteiger partial charge in [-0.3, -0.25) is 14.4 Å². The van der Waals surface area contributed by atoms with Crippen LogP contribution in [0.3, 0.4) is 0 Å². The Morgan fingerprint density at radius 2 is 1.67 bits per heavy atom. The molecule has 4 rings (SSSR count). The predicted molar refractivity (Wildman–Crippen MR) is 99.6 cm³/mol. The van der Waals surface area contributed by atoms with E-state index >= 15 is 0 Å². The number of carboxylic acids is 1. The van der Waals surface area contributed by atoms with Gasteiger partial charge in [-0.2, -0.15) is 0 Å². The third kappa shape index (κ3) is 3.26. The van der Waals surface area contributed by atoms with E-state index in [1.165, 1.54) is 12.8 Å². The number of rotatable bonds is 3. The van der Waals surface area contributed by atoms with E-state index in [0.29, 0.717) is 31.5 Å². The molecule has 7 nitrogen and oxygen atoms in total. The fraction of sp³-hybridized carbons (Fsp3) is 0.550. The molecule has 3 fully saturated rings. The molecule has 0 bridgehead atoms. The molecule has 1 aromatic carbocycles. The Kier molecular flexibility index (Phi) is 4.53. The van der Waals surface area contributed by atoms with Crippen LogP contribution in [0.25, 0.3) is 0 Å². The van der Waals surface area contributed by atoms with Crippen molar-refractivity contribution in [2.24, 2.45) is 5.92 Å². The monoisotopic (exact) mass is 371 g/mol. The topological polar surface area (TPSA) is 90.0 Å². The number of aliphatic carboxylic acids is 1. The summed E-state index contributed by atoms with van der Waals surface area (Å²) in [5.41, 5.74) is 1.10. The van der Waals surface area contributed by atoms with Crippen molar-refractivity contribution in [3.8, 4) is 0 Å². The van der Waals surface area contributed by atoms with E-state index < -0.39 is 17.4 Å². The smallest absolute Gasteiger partial charge is 0.309 e. The second-order valence-corrected chi connectivity index (χ2v) is 7.83. The number of anilines is 1. The van der Waals surface area contributed by atoms with Gasteiger partial charge >= 0.3 is 5.97 Å². The van der Waals surface area contributed by atoms with Crippen LogP contribution >= 0.6 is 0 Å². The number of nitrogens with one attached hydrogen (secondary N) is 1. The minimum Gasteiger partial charge on any atom is -0.481 e. The summed E-state index contributed by atoms with van der Waals surface area (Å²) < 4.78 is 0. The van der Waals surface area contributed by atoms with Gasteiger partial charge in [-0.05, 0) is 49.9 Å². The van der Waals surface area contributed by atoms with Crippen LogP contribution in [0.1, 0.15) is 42.5 Å². The number of nitrogens with zero attached hydrogens (tertiary/aromatic N) is 2. The van der Waals surface area contributed by atoms with Crippen LogP contribution in [0.2, 0.25) is 0 Å². The van der Waals surface area contributed by atoms with E-state index in [1.807, 2.05) is 24.3 Å². The molecule has 0 radical (unpaired) electrons. The maximum absolute atomic E-state index is 12.8. The highest BCUT2D eigenvalue weighted by atomic mass is 16.4. The van der Waals surface area contributed by atoms with Crippen molar-refractivity contribution < 1.29 is 19.5 Å². The average Bonchev–Trinajstić information content (AvgIpc) is 3.30. The van der Waals surface area contributed by atoms with Gasteiger partial charge in [0.15, 0.2) is 0 Å². The molecule has 3 heterocycles. The van der Waals surface area contributed by atoms with Crippen molar-refractivity contribution in [2.45, 2.75) is 37.6 Å². The maximum Gasteiger partial charge on any atom is 0.309 e.